The zero-order chi connectivity index (χ0) is 11.3. The molecule has 3 nitrogen and oxygen atoms in total. The van der Waals surface area contributed by atoms with E-state index in [1.807, 2.05) is 24.3 Å². The van der Waals surface area contributed by atoms with Gasteiger partial charge in [0.1, 0.15) is 0 Å². The van der Waals surface area contributed by atoms with E-state index in [1.165, 1.54) is 0 Å². The fourth-order valence-corrected chi connectivity index (χ4v) is 1.14. The Bertz CT molecular complexity index is 317. The molecule has 1 rings (SSSR count). The van der Waals surface area contributed by atoms with E-state index in [9.17, 15) is 10.2 Å². The molecule has 0 spiro atoms. The Morgan fingerprint density at radius 1 is 1.33 bits per heavy atom. The monoisotopic (exact) mass is 207 g/mol. The van der Waals surface area contributed by atoms with E-state index in [-0.39, 0.29) is 6.42 Å². The van der Waals surface area contributed by atoms with Crippen LogP contribution in [0.15, 0.2) is 30.8 Å². The predicted molar refractivity (Wildman–Crippen MR) is 60.8 cm³/mol. The van der Waals surface area contributed by atoms with Crippen molar-refractivity contribution in [2.45, 2.75) is 25.8 Å². The van der Waals surface area contributed by atoms with Crippen molar-refractivity contribution in [3.63, 3.8) is 0 Å². The summed E-state index contributed by atoms with van der Waals surface area (Å²) in [7, 11) is 0. The molecule has 0 saturated heterocycles. The zero-order valence-electron chi connectivity index (χ0n) is 8.90. The second kappa shape index (κ2) is 5.07. The van der Waals surface area contributed by atoms with Crippen molar-refractivity contribution in [3.05, 3.63) is 42.0 Å². The van der Waals surface area contributed by atoms with E-state index in [2.05, 4.69) is 11.9 Å². The van der Waals surface area contributed by atoms with Gasteiger partial charge in [0, 0.05) is 13.0 Å². The van der Waals surface area contributed by atoms with E-state index >= 15 is 0 Å². The van der Waals surface area contributed by atoms with Gasteiger partial charge < -0.3 is 10.2 Å². The molecular formula is C12H17NO2. The minimum absolute atomic E-state index is 0.248. The van der Waals surface area contributed by atoms with Gasteiger partial charge in [0.25, 0.3) is 0 Å². The molecular weight excluding hydrogens is 190 g/mol. The maximum absolute atomic E-state index is 9.31. The van der Waals surface area contributed by atoms with Crippen LogP contribution in [0.5, 0.6) is 0 Å². The molecule has 3 heteroatoms. The third-order valence-corrected chi connectivity index (χ3v) is 2.28. The predicted octanol–water partition coefficient (Wildman–Crippen LogP) is 1.47. The molecule has 0 unspecified atom stereocenters. The van der Waals surface area contributed by atoms with Crippen LogP contribution in [0.4, 0.5) is 0 Å². The molecule has 82 valence electrons. The second-order valence-corrected chi connectivity index (χ2v) is 3.47. The van der Waals surface area contributed by atoms with Crippen LogP contribution in [0.1, 0.15) is 24.5 Å². The molecule has 0 saturated carbocycles. The molecule has 15 heavy (non-hydrogen) atoms. The first kappa shape index (κ1) is 11.9. The van der Waals surface area contributed by atoms with Crippen molar-refractivity contribution in [3.8, 4) is 0 Å². The van der Waals surface area contributed by atoms with Gasteiger partial charge >= 0.3 is 0 Å². The van der Waals surface area contributed by atoms with E-state index < -0.39 is 5.91 Å². The van der Waals surface area contributed by atoms with Crippen LogP contribution in [0.2, 0.25) is 0 Å². The van der Waals surface area contributed by atoms with Gasteiger partial charge in [0.2, 0.25) is 5.91 Å². The van der Waals surface area contributed by atoms with Crippen LogP contribution in [0.25, 0.3) is 6.08 Å². The number of nitrogens with one attached hydrogen (secondary N) is 1. The molecule has 1 aromatic rings. The van der Waals surface area contributed by atoms with Crippen molar-refractivity contribution >= 4 is 6.08 Å². The molecule has 0 aliphatic rings. The van der Waals surface area contributed by atoms with Gasteiger partial charge in [0.05, 0.1) is 0 Å². The third kappa shape index (κ3) is 3.83. The molecule has 0 radical (unpaired) electrons. The second-order valence-electron chi connectivity index (χ2n) is 3.47. The summed E-state index contributed by atoms with van der Waals surface area (Å²) in [5, 5.41) is 21.3. The normalized spacial score (nSPS) is 11.4. The first-order valence-electron chi connectivity index (χ1n) is 4.98. The third-order valence-electron chi connectivity index (χ3n) is 2.28. The molecule has 0 aliphatic heterocycles. The summed E-state index contributed by atoms with van der Waals surface area (Å²) in [5.41, 5.74) is 2.05. The highest BCUT2D eigenvalue weighted by atomic mass is 16.5. The Hall–Kier alpha value is -1.16. The molecule has 0 amide bonds. The minimum atomic E-state index is -1.78. The summed E-state index contributed by atoms with van der Waals surface area (Å²) in [6.07, 6.45) is 2.02. The lowest BCUT2D eigenvalue weighted by Gasteiger charge is -2.21. The molecule has 0 atom stereocenters. The van der Waals surface area contributed by atoms with Gasteiger partial charge in [-0.3, -0.25) is 5.32 Å². The van der Waals surface area contributed by atoms with Crippen LogP contribution in [-0.2, 0) is 6.54 Å². The van der Waals surface area contributed by atoms with Crippen LogP contribution < -0.4 is 5.32 Å². The molecule has 3 N–H and O–H groups in total. The zero-order valence-corrected chi connectivity index (χ0v) is 8.90. The highest BCUT2D eigenvalue weighted by Gasteiger charge is 2.18. The number of rotatable bonds is 5. The van der Waals surface area contributed by atoms with E-state index in [0.29, 0.717) is 6.54 Å². The van der Waals surface area contributed by atoms with Gasteiger partial charge in [-0.25, -0.2) is 0 Å². The fraction of sp³-hybridized carbons (Fsp3) is 0.333. The maximum atomic E-state index is 9.31. The SMILES string of the molecule is C=Cc1ccc(CNC(O)(O)CC)cc1. The Morgan fingerprint density at radius 2 is 1.93 bits per heavy atom. The van der Waals surface area contributed by atoms with Gasteiger partial charge in [-0.05, 0) is 11.1 Å². The Kier molecular flexibility index (Phi) is 4.03. The van der Waals surface area contributed by atoms with Crippen LogP contribution in [-0.4, -0.2) is 16.1 Å². The van der Waals surface area contributed by atoms with Gasteiger partial charge in [-0.2, -0.15) is 0 Å². The Morgan fingerprint density at radius 3 is 2.40 bits per heavy atom. The number of hydrogen-bond donors (Lipinski definition) is 3. The molecule has 1 aromatic carbocycles. The highest BCUT2D eigenvalue weighted by Crippen LogP contribution is 2.07. The lowest BCUT2D eigenvalue weighted by atomic mass is 10.1. The molecule has 0 bridgehead atoms. The summed E-state index contributed by atoms with van der Waals surface area (Å²) in [4.78, 5) is 0. The fourth-order valence-electron chi connectivity index (χ4n) is 1.14. The van der Waals surface area contributed by atoms with Gasteiger partial charge in [-0.1, -0.05) is 43.8 Å². The largest absolute Gasteiger partial charge is 0.353 e. The maximum Gasteiger partial charge on any atom is 0.222 e. The van der Waals surface area contributed by atoms with Gasteiger partial charge in [0.15, 0.2) is 0 Å². The molecule has 0 heterocycles. The Balaban J connectivity index is 2.54. The number of benzene rings is 1. The molecule has 0 fully saturated rings. The van der Waals surface area contributed by atoms with Crippen molar-refractivity contribution in [2.24, 2.45) is 0 Å². The highest BCUT2D eigenvalue weighted by molar-refractivity contribution is 5.47. The van der Waals surface area contributed by atoms with Gasteiger partial charge in [-0.15, -0.1) is 0 Å². The first-order chi connectivity index (χ1) is 7.07. The average molecular weight is 207 g/mol. The van der Waals surface area contributed by atoms with E-state index in [0.717, 1.165) is 11.1 Å². The molecule has 0 aromatic heterocycles. The molecule has 0 aliphatic carbocycles. The summed E-state index contributed by atoms with van der Waals surface area (Å²) < 4.78 is 0. The summed E-state index contributed by atoms with van der Waals surface area (Å²) >= 11 is 0. The quantitative estimate of drug-likeness (QED) is 0.641. The smallest absolute Gasteiger partial charge is 0.222 e. The topological polar surface area (TPSA) is 52.5 Å². The lowest BCUT2D eigenvalue weighted by molar-refractivity contribution is -0.188. The van der Waals surface area contributed by atoms with E-state index in [1.54, 1.807) is 13.0 Å². The lowest BCUT2D eigenvalue weighted by Crippen LogP contribution is -2.43. The standard InChI is InChI=1S/C12H17NO2/c1-3-10-5-7-11(8-6-10)9-13-12(14,15)4-2/h3,5-8,13-15H,1,4,9H2,2H3. The van der Waals surface area contributed by atoms with Crippen LogP contribution >= 0.6 is 0 Å². The summed E-state index contributed by atoms with van der Waals surface area (Å²) in [6.45, 7) is 5.79. The van der Waals surface area contributed by atoms with Crippen LogP contribution in [0, 0.1) is 0 Å². The summed E-state index contributed by atoms with van der Waals surface area (Å²) in [5.74, 6) is -1.78. The van der Waals surface area contributed by atoms with Crippen molar-refractivity contribution in [2.75, 3.05) is 0 Å². The summed E-state index contributed by atoms with van der Waals surface area (Å²) in [6, 6.07) is 7.73. The minimum Gasteiger partial charge on any atom is -0.353 e. The first-order valence-corrected chi connectivity index (χ1v) is 4.98. The number of aliphatic hydroxyl groups is 2. The van der Waals surface area contributed by atoms with Crippen molar-refractivity contribution in [1.29, 1.82) is 0 Å². The van der Waals surface area contributed by atoms with Crippen molar-refractivity contribution in [1.82, 2.24) is 5.32 Å². The number of hydrogen-bond acceptors (Lipinski definition) is 3. The van der Waals surface area contributed by atoms with E-state index in [4.69, 9.17) is 0 Å². The average Bonchev–Trinajstić information content (AvgIpc) is 2.27. The van der Waals surface area contributed by atoms with Crippen molar-refractivity contribution < 1.29 is 10.2 Å². The van der Waals surface area contributed by atoms with Crippen LogP contribution in [0.3, 0.4) is 0 Å². The Labute approximate surface area is 90.1 Å².